The number of imidazole rings is 1. The molecule has 0 spiro atoms. The highest BCUT2D eigenvalue weighted by atomic mass is 16.5. The Morgan fingerprint density at radius 2 is 2.20 bits per heavy atom. The number of ether oxygens (including phenoxy) is 1. The van der Waals surface area contributed by atoms with Gasteiger partial charge in [-0.3, -0.25) is 5.32 Å². The number of carbonyl (C=O) groups is 1. The summed E-state index contributed by atoms with van der Waals surface area (Å²) < 4.78 is 6.71. The Labute approximate surface area is 143 Å². The van der Waals surface area contributed by atoms with Crippen LogP contribution in [0.5, 0.6) is 0 Å². The Balaban J connectivity index is 0.00000109. The van der Waals surface area contributed by atoms with Crippen LogP contribution in [0.2, 0.25) is 0 Å². The van der Waals surface area contributed by atoms with Gasteiger partial charge in [-0.15, -0.1) is 0 Å². The number of amides is 2. The molecule has 0 aliphatic carbocycles. The van der Waals surface area contributed by atoms with Crippen LogP contribution in [0.1, 0.15) is 26.5 Å². The van der Waals surface area contributed by atoms with Gasteiger partial charge in [0.25, 0.3) is 0 Å². The van der Waals surface area contributed by atoms with Gasteiger partial charge in [0.2, 0.25) is 0 Å². The highest BCUT2D eigenvalue weighted by Crippen LogP contribution is 2.30. The van der Waals surface area contributed by atoms with Gasteiger partial charge in [0.1, 0.15) is 24.2 Å². The average Bonchev–Trinajstić information content (AvgIpc) is 3.15. The van der Waals surface area contributed by atoms with Crippen LogP contribution in [-0.2, 0) is 4.74 Å². The molecule has 1 aliphatic rings. The number of aliphatic hydroxyl groups is 2. The van der Waals surface area contributed by atoms with Crippen LogP contribution < -0.4 is 16.3 Å². The monoisotopic (exact) mass is 354 g/mol. The molecular formula is C14H22N6O5. The molecule has 3 atom stereocenters. The average molecular weight is 354 g/mol. The maximum atomic E-state index is 12.2. The van der Waals surface area contributed by atoms with Gasteiger partial charge >= 0.3 is 11.7 Å². The molecule has 11 heteroatoms. The summed E-state index contributed by atoms with van der Waals surface area (Å²) in [5, 5.41) is 23.8. The quantitative estimate of drug-likeness (QED) is 0.499. The first-order valence-electron chi connectivity index (χ1n) is 7.93. The maximum Gasteiger partial charge on any atom is 0.329 e. The number of nitrogens with one attached hydrogen (secondary N) is 3. The summed E-state index contributed by atoms with van der Waals surface area (Å²) in [6.45, 7) is 3.65. The predicted molar refractivity (Wildman–Crippen MR) is 89.2 cm³/mol. The Hall–Kier alpha value is -2.50. The van der Waals surface area contributed by atoms with Gasteiger partial charge in [-0.25, -0.2) is 24.1 Å². The number of rotatable bonds is 3. The van der Waals surface area contributed by atoms with Crippen LogP contribution in [0.25, 0.3) is 11.2 Å². The van der Waals surface area contributed by atoms with Crippen molar-refractivity contribution in [2.75, 3.05) is 19.0 Å². The van der Waals surface area contributed by atoms with Crippen molar-refractivity contribution in [3.8, 4) is 0 Å². The number of carbonyl (C=O) groups excluding carboxylic acids is 1. The van der Waals surface area contributed by atoms with Gasteiger partial charge in [-0.05, 0) is 0 Å². The number of aromatic amines is 1. The molecule has 0 bridgehead atoms. The minimum atomic E-state index is -0.882. The summed E-state index contributed by atoms with van der Waals surface area (Å²) in [4.78, 5) is 34.2. The standard InChI is InChI=1S/C12H16N6O5.C2H6/c1-13-11(21)17-9-8-10(15-4-14-9)18(12(22)16-8)7-2-5(20)6(3-19)23-7;1-2/h4-7,19-20H,2-3H2,1H3,(H,16,22)(H2,13,14,15,17,21);1-2H3/t5?,6?,7-;/m1./s1. The van der Waals surface area contributed by atoms with Crippen molar-refractivity contribution in [2.45, 2.75) is 38.7 Å². The fourth-order valence-corrected chi connectivity index (χ4v) is 2.51. The third kappa shape index (κ3) is 3.62. The van der Waals surface area contributed by atoms with Crippen LogP contribution in [0, 0.1) is 0 Å². The molecule has 2 aromatic heterocycles. The van der Waals surface area contributed by atoms with E-state index in [1.54, 1.807) is 0 Å². The van der Waals surface area contributed by atoms with Gasteiger partial charge in [-0.1, -0.05) is 13.8 Å². The summed E-state index contributed by atoms with van der Waals surface area (Å²) in [6.07, 6.45) is -1.08. The van der Waals surface area contributed by atoms with E-state index in [0.717, 1.165) is 0 Å². The molecule has 1 aliphatic heterocycles. The Kier molecular flexibility index (Phi) is 6.07. The van der Waals surface area contributed by atoms with Gasteiger partial charge in [0, 0.05) is 13.5 Å². The summed E-state index contributed by atoms with van der Waals surface area (Å²) in [5.74, 6) is 0.141. The van der Waals surface area contributed by atoms with E-state index >= 15 is 0 Å². The first-order chi connectivity index (χ1) is 12.0. The number of nitrogens with zero attached hydrogens (tertiary/aromatic N) is 3. The minimum absolute atomic E-state index is 0.139. The van der Waals surface area contributed by atoms with Crippen molar-refractivity contribution >= 4 is 23.0 Å². The highest BCUT2D eigenvalue weighted by Gasteiger charge is 2.36. The van der Waals surface area contributed by atoms with Crippen molar-refractivity contribution in [1.29, 1.82) is 0 Å². The fraction of sp³-hybridized carbons (Fsp3) is 0.571. The fourth-order valence-electron chi connectivity index (χ4n) is 2.51. The van der Waals surface area contributed by atoms with Gasteiger partial charge < -0.3 is 25.3 Å². The molecule has 2 aromatic rings. The Morgan fingerprint density at radius 3 is 2.80 bits per heavy atom. The van der Waals surface area contributed by atoms with Crippen LogP contribution in [0.15, 0.2) is 11.1 Å². The summed E-state index contributed by atoms with van der Waals surface area (Å²) >= 11 is 0. The van der Waals surface area contributed by atoms with E-state index < -0.39 is 30.2 Å². The summed E-state index contributed by atoms with van der Waals surface area (Å²) in [5.41, 5.74) is -0.0462. The zero-order chi connectivity index (χ0) is 18.6. The molecule has 0 aromatic carbocycles. The molecule has 0 radical (unpaired) electrons. The molecule has 2 amide bonds. The maximum absolute atomic E-state index is 12.2. The van der Waals surface area contributed by atoms with Crippen molar-refractivity contribution in [3.63, 3.8) is 0 Å². The van der Waals surface area contributed by atoms with Crippen LogP contribution in [-0.4, -0.2) is 61.6 Å². The SMILES string of the molecule is CC.CNC(=O)Nc1ncnc2c1[nH]c(=O)n2[C@H]1CC(O)C(CO)O1. The molecule has 3 rings (SSSR count). The topological polar surface area (TPSA) is 154 Å². The van der Waals surface area contributed by atoms with E-state index in [9.17, 15) is 14.7 Å². The van der Waals surface area contributed by atoms with Crippen molar-refractivity contribution in [1.82, 2.24) is 24.8 Å². The third-order valence-corrected chi connectivity index (χ3v) is 3.64. The third-order valence-electron chi connectivity index (χ3n) is 3.64. The van der Waals surface area contributed by atoms with E-state index in [2.05, 4.69) is 25.6 Å². The molecule has 1 saturated heterocycles. The number of urea groups is 1. The molecule has 2 unspecified atom stereocenters. The van der Waals surface area contributed by atoms with Crippen LogP contribution in [0.3, 0.4) is 0 Å². The molecular weight excluding hydrogens is 332 g/mol. The number of aromatic nitrogens is 4. The van der Waals surface area contributed by atoms with Crippen molar-refractivity contribution in [2.24, 2.45) is 0 Å². The van der Waals surface area contributed by atoms with Crippen LogP contribution in [0.4, 0.5) is 10.6 Å². The highest BCUT2D eigenvalue weighted by molar-refractivity contribution is 5.95. The van der Waals surface area contributed by atoms with E-state index in [-0.39, 0.29) is 30.0 Å². The van der Waals surface area contributed by atoms with Crippen LogP contribution >= 0.6 is 0 Å². The van der Waals surface area contributed by atoms with E-state index in [1.807, 2.05) is 13.8 Å². The lowest BCUT2D eigenvalue weighted by atomic mass is 10.2. The van der Waals surface area contributed by atoms with Gasteiger partial charge in [0.15, 0.2) is 11.5 Å². The van der Waals surface area contributed by atoms with Gasteiger partial charge in [-0.2, -0.15) is 0 Å². The molecule has 5 N–H and O–H groups in total. The first-order valence-corrected chi connectivity index (χ1v) is 7.93. The molecule has 0 saturated carbocycles. The number of H-pyrrole nitrogens is 1. The molecule has 1 fully saturated rings. The zero-order valence-electron chi connectivity index (χ0n) is 14.2. The summed E-state index contributed by atoms with van der Waals surface area (Å²) in [6, 6.07) is -0.494. The summed E-state index contributed by atoms with van der Waals surface area (Å²) in [7, 11) is 1.45. The Bertz CT molecular complexity index is 788. The molecule has 25 heavy (non-hydrogen) atoms. The lowest BCUT2D eigenvalue weighted by Crippen LogP contribution is -2.25. The second kappa shape index (κ2) is 8.05. The largest absolute Gasteiger partial charge is 0.394 e. The van der Waals surface area contributed by atoms with Crippen molar-refractivity contribution < 1.29 is 19.7 Å². The molecule has 11 nitrogen and oxygen atoms in total. The molecule has 3 heterocycles. The predicted octanol–water partition coefficient (Wildman–Crippen LogP) is -0.462. The van der Waals surface area contributed by atoms with E-state index in [1.165, 1.54) is 17.9 Å². The first kappa shape index (κ1) is 18.8. The molecule has 138 valence electrons. The number of fused-ring (bicyclic) bond motifs is 1. The number of hydrogen-bond acceptors (Lipinski definition) is 7. The van der Waals surface area contributed by atoms with E-state index in [0.29, 0.717) is 0 Å². The van der Waals surface area contributed by atoms with E-state index in [4.69, 9.17) is 9.84 Å². The normalized spacial score (nSPS) is 22.4. The lowest BCUT2D eigenvalue weighted by molar-refractivity contribution is -0.0441. The zero-order valence-corrected chi connectivity index (χ0v) is 14.2. The second-order valence-corrected chi connectivity index (χ2v) is 5.04. The van der Waals surface area contributed by atoms with Gasteiger partial charge in [0.05, 0.1) is 12.7 Å². The number of hydrogen-bond donors (Lipinski definition) is 5. The number of anilines is 1. The second-order valence-electron chi connectivity index (χ2n) is 5.04. The van der Waals surface area contributed by atoms with Crippen molar-refractivity contribution in [3.05, 3.63) is 16.8 Å². The lowest BCUT2D eigenvalue weighted by Gasteiger charge is -2.13. The Morgan fingerprint density at radius 1 is 1.48 bits per heavy atom. The smallest absolute Gasteiger partial charge is 0.329 e. The minimum Gasteiger partial charge on any atom is -0.394 e. The number of aliphatic hydroxyl groups excluding tert-OH is 2.